The van der Waals surface area contributed by atoms with Crippen LogP contribution in [0.3, 0.4) is 0 Å². The first-order chi connectivity index (χ1) is 12.4. The van der Waals surface area contributed by atoms with Crippen molar-refractivity contribution >= 4 is 16.9 Å². The summed E-state index contributed by atoms with van der Waals surface area (Å²) in [5.41, 5.74) is -0.408. The quantitative estimate of drug-likeness (QED) is 0.659. The Hall–Kier alpha value is -1.54. The van der Waals surface area contributed by atoms with E-state index in [0.29, 0.717) is 10.5 Å². The fourth-order valence-corrected chi connectivity index (χ4v) is 3.59. The van der Waals surface area contributed by atoms with E-state index in [0.717, 1.165) is 12.8 Å². The number of rotatable bonds is 7. The molecule has 0 bridgehead atoms. The van der Waals surface area contributed by atoms with Gasteiger partial charge >= 0.3 is 6.09 Å². The highest BCUT2D eigenvalue weighted by Gasteiger charge is 2.51. The van der Waals surface area contributed by atoms with Crippen LogP contribution in [-0.2, 0) is 20.3 Å². The third-order valence-corrected chi connectivity index (χ3v) is 5.32. The minimum Gasteiger partial charge on any atom is -0.449 e. The largest absolute Gasteiger partial charge is 0.449 e. The van der Waals surface area contributed by atoms with Gasteiger partial charge in [-0.25, -0.2) is 13.6 Å². The van der Waals surface area contributed by atoms with Gasteiger partial charge in [-0.3, -0.25) is 9.11 Å². The molecule has 26 heavy (non-hydrogen) atoms. The third kappa shape index (κ3) is 4.40. The Morgan fingerprint density at radius 2 is 1.96 bits per heavy atom. The van der Waals surface area contributed by atoms with Crippen molar-refractivity contribution in [1.29, 1.82) is 0 Å². The smallest absolute Gasteiger partial charge is 0.412 e. The average molecular weight is 389 g/mol. The van der Waals surface area contributed by atoms with E-state index in [2.05, 4.69) is 0 Å². The second kappa shape index (κ2) is 8.90. The van der Waals surface area contributed by atoms with Crippen LogP contribution >= 0.6 is 0 Å². The molecule has 1 aromatic carbocycles. The van der Waals surface area contributed by atoms with E-state index in [-0.39, 0.29) is 6.61 Å². The molecule has 2 rings (SSSR count). The summed E-state index contributed by atoms with van der Waals surface area (Å²) in [5.74, 6) is 0. The minimum atomic E-state index is -1.71. The van der Waals surface area contributed by atoms with Crippen LogP contribution in [0.5, 0.6) is 0 Å². The number of amides is 1. The molecule has 0 aliphatic carbocycles. The lowest BCUT2D eigenvalue weighted by atomic mass is 10.0. The van der Waals surface area contributed by atoms with E-state index in [1.54, 1.807) is 26.0 Å². The first kappa shape index (κ1) is 20.8. The lowest BCUT2D eigenvalue weighted by Crippen LogP contribution is -2.49. The summed E-state index contributed by atoms with van der Waals surface area (Å²) in [4.78, 5) is 14.1. The van der Waals surface area contributed by atoms with Crippen LogP contribution in [-0.4, -0.2) is 46.3 Å². The Morgan fingerprint density at radius 1 is 1.31 bits per heavy atom. The van der Waals surface area contributed by atoms with E-state index in [1.807, 2.05) is 6.92 Å². The zero-order valence-corrected chi connectivity index (χ0v) is 16.1. The van der Waals surface area contributed by atoms with E-state index >= 15 is 0 Å². The Bertz CT molecular complexity index is 639. The molecule has 0 spiro atoms. The third-order valence-electron chi connectivity index (χ3n) is 4.33. The lowest BCUT2D eigenvalue weighted by molar-refractivity contribution is -0.0711. The summed E-state index contributed by atoms with van der Waals surface area (Å²) in [6.45, 7) is 4.83. The molecule has 1 amide bonds. The van der Waals surface area contributed by atoms with Crippen molar-refractivity contribution in [2.45, 2.75) is 56.4 Å². The van der Waals surface area contributed by atoms with Gasteiger partial charge in [0.1, 0.15) is 18.5 Å². The van der Waals surface area contributed by atoms with Crippen molar-refractivity contribution in [3.63, 3.8) is 0 Å². The van der Waals surface area contributed by atoms with E-state index < -0.39 is 47.4 Å². The molecule has 1 saturated heterocycles. The van der Waals surface area contributed by atoms with Gasteiger partial charge in [-0.2, -0.15) is 0 Å². The second-order valence-corrected chi connectivity index (χ2v) is 7.95. The molecule has 0 N–H and O–H groups in total. The standard InChI is InChI=1S/C18H25F2NO4S/c1-4-5-10-24-17(22)21-15(11-19)16(25-18(21,2)3)13-6-8-14(9-7-13)26(23)12-20/h6-9,15-16H,4-5,10-12H2,1-3H3/t15-,16+,26?/m0/s1. The summed E-state index contributed by atoms with van der Waals surface area (Å²) in [6.07, 6.45) is 0.317. The molecule has 146 valence electrons. The van der Waals surface area contributed by atoms with Crippen molar-refractivity contribution in [2.24, 2.45) is 0 Å². The molecule has 0 radical (unpaired) electrons. The van der Waals surface area contributed by atoms with Gasteiger partial charge in [0.15, 0.2) is 6.01 Å². The zero-order chi connectivity index (χ0) is 19.3. The number of hydrogen-bond donors (Lipinski definition) is 0. The van der Waals surface area contributed by atoms with Crippen molar-refractivity contribution < 1.29 is 27.3 Å². The monoisotopic (exact) mass is 389 g/mol. The maximum atomic E-state index is 13.8. The zero-order valence-electron chi connectivity index (χ0n) is 15.2. The summed E-state index contributed by atoms with van der Waals surface area (Å²) in [6, 6.07) is 4.50. The van der Waals surface area contributed by atoms with Crippen LogP contribution in [0.2, 0.25) is 0 Å². The number of hydrogen-bond acceptors (Lipinski definition) is 4. The van der Waals surface area contributed by atoms with Gasteiger partial charge in [0.2, 0.25) is 0 Å². The van der Waals surface area contributed by atoms with Crippen LogP contribution < -0.4 is 0 Å². The van der Waals surface area contributed by atoms with E-state index in [1.165, 1.54) is 17.0 Å². The van der Waals surface area contributed by atoms with Crippen LogP contribution in [0.25, 0.3) is 0 Å². The number of alkyl halides is 2. The molecular formula is C18H25F2NO4S. The number of unbranched alkanes of at least 4 members (excludes halogenated alkanes) is 1. The molecule has 1 aromatic rings. The van der Waals surface area contributed by atoms with Crippen LogP contribution in [0, 0.1) is 0 Å². The number of nitrogens with zero attached hydrogens (tertiary/aromatic N) is 1. The maximum Gasteiger partial charge on any atom is 0.412 e. The first-order valence-corrected chi connectivity index (χ1v) is 9.91. The molecule has 3 atom stereocenters. The molecule has 1 heterocycles. The summed E-state index contributed by atoms with van der Waals surface area (Å²) in [7, 11) is -1.71. The molecule has 8 heteroatoms. The SMILES string of the molecule is CCCCOC(=O)N1[C@@H](CF)[C@@H](c2ccc(S(=O)CF)cc2)OC1(C)C. The molecule has 5 nitrogen and oxygen atoms in total. The molecular weight excluding hydrogens is 364 g/mol. The normalized spacial score (nSPS) is 23.0. The summed E-state index contributed by atoms with van der Waals surface area (Å²) < 4.78 is 49.0. The fourth-order valence-electron chi connectivity index (χ4n) is 3.02. The molecule has 1 aliphatic rings. The summed E-state index contributed by atoms with van der Waals surface area (Å²) >= 11 is 0. The Balaban J connectivity index is 2.22. The lowest BCUT2D eigenvalue weighted by Gasteiger charge is -2.31. The summed E-state index contributed by atoms with van der Waals surface area (Å²) in [5, 5.41) is 0. The van der Waals surface area contributed by atoms with Crippen LogP contribution in [0.1, 0.15) is 45.3 Å². The predicted octanol–water partition coefficient (Wildman–Crippen LogP) is 4.11. The van der Waals surface area contributed by atoms with Gasteiger partial charge in [0.25, 0.3) is 0 Å². The van der Waals surface area contributed by atoms with E-state index in [9.17, 15) is 17.8 Å². The maximum absolute atomic E-state index is 13.8. The fraction of sp³-hybridized carbons (Fsp3) is 0.611. The Kier molecular flexibility index (Phi) is 7.11. The number of carbonyl (C=O) groups excluding carboxylic acids is 1. The van der Waals surface area contributed by atoms with Crippen LogP contribution in [0.15, 0.2) is 29.2 Å². The number of carbonyl (C=O) groups is 1. The average Bonchev–Trinajstić information content (AvgIpc) is 2.91. The van der Waals surface area contributed by atoms with Gasteiger partial charge in [0.05, 0.1) is 23.4 Å². The highest BCUT2D eigenvalue weighted by Crippen LogP contribution is 2.41. The topological polar surface area (TPSA) is 55.8 Å². The molecule has 0 saturated carbocycles. The van der Waals surface area contributed by atoms with Crippen molar-refractivity contribution in [2.75, 3.05) is 19.3 Å². The van der Waals surface area contributed by atoms with Crippen molar-refractivity contribution in [3.05, 3.63) is 29.8 Å². The van der Waals surface area contributed by atoms with Crippen molar-refractivity contribution in [1.82, 2.24) is 4.90 Å². The van der Waals surface area contributed by atoms with Gasteiger partial charge < -0.3 is 9.47 Å². The molecule has 1 unspecified atom stereocenters. The van der Waals surface area contributed by atoms with Crippen LogP contribution in [0.4, 0.5) is 13.6 Å². The van der Waals surface area contributed by atoms with Gasteiger partial charge in [-0.1, -0.05) is 25.5 Å². The highest BCUT2D eigenvalue weighted by molar-refractivity contribution is 7.84. The molecule has 1 aliphatic heterocycles. The number of ether oxygens (including phenoxy) is 2. The van der Waals surface area contributed by atoms with Gasteiger partial charge in [-0.05, 0) is 38.0 Å². The minimum absolute atomic E-state index is 0.273. The Labute approximate surface area is 155 Å². The molecule has 0 aromatic heterocycles. The highest BCUT2D eigenvalue weighted by atomic mass is 32.2. The van der Waals surface area contributed by atoms with Gasteiger partial charge in [-0.15, -0.1) is 0 Å². The second-order valence-electron chi connectivity index (χ2n) is 6.57. The van der Waals surface area contributed by atoms with E-state index in [4.69, 9.17) is 9.47 Å². The number of halogens is 2. The first-order valence-electron chi connectivity index (χ1n) is 8.59. The number of benzene rings is 1. The molecule has 1 fully saturated rings. The van der Waals surface area contributed by atoms with Crippen molar-refractivity contribution in [3.8, 4) is 0 Å². The predicted molar refractivity (Wildman–Crippen MR) is 94.6 cm³/mol. The Morgan fingerprint density at radius 3 is 2.50 bits per heavy atom. The van der Waals surface area contributed by atoms with Gasteiger partial charge in [0, 0.05) is 4.90 Å².